The van der Waals surface area contributed by atoms with Gasteiger partial charge in [0.05, 0.1) is 11.6 Å². The molecule has 5 heteroatoms. The molecule has 0 aliphatic rings. The lowest BCUT2D eigenvalue weighted by Gasteiger charge is -2.06. The summed E-state index contributed by atoms with van der Waals surface area (Å²) < 4.78 is 0. The number of nitrogens with one attached hydrogen (secondary N) is 1. The van der Waals surface area contributed by atoms with Crippen LogP contribution in [0.3, 0.4) is 0 Å². The van der Waals surface area contributed by atoms with Gasteiger partial charge in [-0.05, 0) is 23.6 Å². The van der Waals surface area contributed by atoms with Gasteiger partial charge in [-0.1, -0.05) is 26.0 Å². The zero-order valence-corrected chi connectivity index (χ0v) is 12.4. The molecule has 3 nitrogen and oxygen atoms in total. The number of hydrogen-bond acceptors (Lipinski definition) is 3. The van der Waals surface area contributed by atoms with Crippen LogP contribution in [0.25, 0.3) is 0 Å². The molecule has 0 saturated heterocycles. The third-order valence-corrected chi connectivity index (χ3v) is 3.83. The van der Waals surface area contributed by atoms with Crippen LogP contribution in [-0.4, -0.2) is 10.9 Å². The number of nitrogens with zero attached hydrogens (tertiary/aromatic N) is 1. The van der Waals surface area contributed by atoms with Crippen LogP contribution in [0, 0.1) is 0 Å². The quantitative estimate of drug-likeness (QED) is 0.856. The summed E-state index contributed by atoms with van der Waals surface area (Å²) in [4.78, 5) is 16.2. The van der Waals surface area contributed by atoms with Gasteiger partial charge in [-0.15, -0.1) is 22.9 Å². The SMILES string of the molecule is CC(C)c1ccc(C(=O)Nc2nc(CCl)cs2)cc1. The first kappa shape index (κ1) is 14.0. The highest BCUT2D eigenvalue weighted by molar-refractivity contribution is 7.14. The molecule has 0 aliphatic carbocycles. The Morgan fingerprint density at radius 1 is 1.37 bits per heavy atom. The number of benzene rings is 1. The lowest BCUT2D eigenvalue weighted by molar-refractivity contribution is 0.102. The van der Waals surface area contributed by atoms with Crippen molar-refractivity contribution in [3.63, 3.8) is 0 Å². The molecule has 2 rings (SSSR count). The van der Waals surface area contributed by atoms with E-state index in [9.17, 15) is 4.79 Å². The number of carbonyl (C=O) groups excluding carboxylic acids is 1. The maximum Gasteiger partial charge on any atom is 0.257 e. The summed E-state index contributed by atoms with van der Waals surface area (Å²) in [6, 6.07) is 7.62. The van der Waals surface area contributed by atoms with Crippen molar-refractivity contribution in [2.45, 2.75) is 25.6 Å². The molecule has 0 radical (unpaired) electrons. The molecule has 0 aliphatic heterocycles. The zero-order chi connectivity index (χ0) is 13.8. The number of thiazole rings is 1. The van der Waals surface area contributed by atoms with E-state index in [1.165, 1.54) is 16.9 Å². The first-order valence-electron chi connectivity index (χ1n) is 6.02. The van der Waals surface area contributed by atoms with Crippen LogP contribution >= 0.6 is 22.9 Å². The van der Waals surface area contributed by atoms with Crippen LogP contribution < -0.4 is 5.32 Å². The minimum atomic E-state index is -0.147. The molecule has 19 heavy (non-hydrogen) atoms. The van der Waals surface area contributed by atoms with Crippen LogP contribution in [-0.2, 0) is 5.88 Å². The zero-order valence-electron chi connectivity index (χ0n) is 10.8. The van der Waals surface area contributed by atoms with E-state index in [1.807, 2.05) is 29.6 Å². The molecule has 0 fully saturated rings. The van der Waals surface area contributed by atoms with Crippen LogP contribution in [0.15, 0.2) is 29.6 Å². The molecule has 0 unspecified atom stereocenters. The molecule has 1 aromatic carbocycles. The van der Waals surface area contributed by atoms with Crippen molar-refractivity contribution < 1.29 is 4.79 Å². The molecule has 1 N–H and O–H groups in total. The highest BCUT2D eigenvalue weighted by atomic mass is 35.5. The van der Waals surface area contributed by atoms with Gasteiger partial charge in [-0.3, -0.25) is 10.1 Å². The Morgan fingerprint density at radius 3 is 2.58 bits per heavy atom. The van der Waals surface area contributed by atoms with Crippen molar-refractivity contribution in [1.82, 2.24) is 4.98 Å². The average Bonchev–Trinajstić information content (AvgIpc) is 2.86. The van der Waals surface area contributed by atoms with E-state index in [1.54, 1.807) is 0 Å². The lowest BCUT2D eigenvalue weighted by Crippen LogP contribution is -2.11. The van der Waals surface area contributed by atoms with Gasteiger partial charge >= 0.3 is 0 Å². The molecule has 1 heterocycles. The second-order valence-corrected chi connectivity index (χ2v) is 5.63. The van der Waals surface area contributed by atoms with Gasteiger partial charge in [0.15, 0.2) is 5.13 Å². The van der Waals surface area contributed by atoms with Gasteiger partial charge < -0.3 is 0 Å². The Labute approximate surface area is 121 Å². The van der Waals surface area contributed by atoms with E-state index >= 15 is 0 Å². The molecule has 2 aromatic rings. The van der Waals surface area contributed by atoms with E-state index in [0.717, 1.165) is 5.69 Å². The van der Waals surface area contributed by atoms with Crippen LogP contribution in [0.2, 0.25) is 0 Å². The molecule has 1 aromatic heterocycles. The van der Waals surface area contributed by atoms with E-state index in [4.69, 9.17) is 11.6 Å². The summed E-state index contributed by atoms with van der Waals surface area (Å²) in [5.74, 6) is 0.670. The van der Waals surface area contributed by atoms with Gasteiger partial charge in [0.1, 0.15) is 0 Å². The van der Waals surface area contributed by atoms with E-state index in [0.29, 0.717) is 22.5 Å². The Morgan fingerprint density at radius 2 is 2.05 bits per heavy atom. The Kier molecular flexibility index (Phi) is 4.56. The molecule has 100 valence electrons. The van der Waals surface area contributed by atoms with Gasteiger partial charge in [0.25, 0.3) is 5.91 Å². The minimum Gasteiger partial charge on any atom is -0.298 e. The maximum absolute atomic E-state index is 12.0. The Balaban J connectivity index is 2.07. The second kappa shape index (κ2) is 6.17. The number of amides is 1. The monoisotopic (exact) mass is 294 g/mol. The number of aromatic nitrogens is 1. The first-order valence-corrected chi connectivity index (χ1v) is 7.43. The molecular weight excluding hydrogens is 280 g/mol. The van der Waals surface area contributed by atoms with E-state index in [-0.39, 0.29) is 5.91 Å². The molecule has 0 saturated carbocycles. The fourth-order valence-corrected chi connectivity index (χ4v) is 2.55. The number of halogens is 1. The third-order valence-electron chi connectivity index (χ3n) is 2.75. The van der Waals surface area contributed by atoms with Crippen LogP contribution in [0.4, 0.5) is 5.13 Å². The summed E-state index contributed by atoms with van der Waals surface area (Å²) in [6.07, 6.45) is 0. The highest BCUT2D eigenvalue weighted by Crippen LogP contribution is 2.19. The Bertz CT molecular complexity index is 563. The van der Waals surface area contributed by atoms with Crippen molar-refractivity contribution >= 4 is 34.0 Å². The van der Waals surface area contributed by atoms with Gasteiger partial charge in [0, 0.05) is 10.9 Å². The topological polar surface area (TPSA) is 42.0 Å². The molecule has 1 amide bonds. The predicted molar refractivity (Wildman–Crippen MR) is 80.2 cm³/mol. The number of carbonyl (C=O) groups is 1. The molecule has 0 bridgehead atoms. The summed E-state index contributed by atoms with van der Waals surface area (Å²) in [5, 5.41) is 5.19. The minimum absolute atomic E-state index is 0.147. The number of hydrogen-bond donors (Lipinski definition) is 1. The van der Waals surface area contributed by atoms with Gasteiger partial charge in [-0.2, -0.15) is 0 Å². The van der Waals surface area contributed by atoms with Gasteiger partial charge in [0.2, 0.25) is 0 Å². The summed E-state index contributed by atoms with van der Waals surface area (Å²) in [7, 11) is 0. The van der Waals surface area contributed by atoms with E-state index in [2.05, 4.69) is 24.1 Å². The summed E-state index contributed by atoms with van der Waals surface area (Å²) in [6.45, 7) is 4.25. The van der Waals surface area contributed by atoms with Crippen molar-refractivity contribution in [2.24, 2.45) is 0 Å². The first-order chi connectivity index (χ1) is 9.10. The largest absolute Gasteiger partial charge is 0.298 e. The standard InChI is InChI=1S/C14H15ClN2OS/c1-9(2)10-3-5-11(6-4-10)13(18)17-14-16-12(7-15)8-19-14/h3-6,8-9H,7H2,1-2H3,(H,16,17,18). The van der Waals surface area contributed by atoms with Crippen LogP contribution in [0.5, 0.6) is 0 Å². The fraction of sp³-hybridized carbons (Fsp3) is 0.286. The highest BCUT2D eigenvalue weighted by Gasteiger charge is 2.09. The summed E-state index contributed by atoms with van der Waals surface area (Å²) >= 11 is 7.05. The van der Waals surface area contributed by atoms with Crippen LogP contribution in [0.1, 0.15) is 41.4 Å². The summed E-state index contributed by atoms with van der Waals surface area (Å²) in [5.41, 5.74) is 2.62. The lowest BCUT2D eigenvalue weighted by atomic mass is 10.0. The van der Waals surface area contributed by atoms with Gasteiger partial charge in [-0.25, -0.2) is 4.98 Å². The molecular formula is C14H15ClN2OS. The van der Waals surface area contributed by atoms with E-state index < -0.39 is 0 Å². The number of anilines is 1. The Hall–Kier alpha value is -1.39. The smallest absolute Gasteiger partial charge is 0.257 e. The average molecular weight is 295 g/mol. The number of alkyl halides is 1. The molecule has 0 atom stereocenters. The molecule has 0 spiro atoms. The van der Waals surface area contributed by atoms with Crippen molar-refractivity contribution in [3.8, 4) is 0 Å². The van der Waals surface area contributed by atoms with Crippen molar-refractivity contribution in [1.29, 1.82) is 0 Å². The fourth-order valence-electron chi connectivity index (χ4n) is 1.61. The maximum atomic E-state index is 12.0. The normalized spacial score (nSPS) is 10.7. The predicted octanol–water partition coefficient (Wildman–Crippen LogP) is 4.26. The third kappa shape index (κ3) is 3.55. The van der Waals surface area contributed by atoms with Crippen molar-refractivity contribution in [3.05, 3.63) is 46.5 Å². The number of rotatable bonds is 4. The van der Waals surface area contributed by atoms with Crippen molar-refractivity contribution in [2.75, 3.05) is 5.32 Å². The second-order valence-electron chi connectivity index (χ2n) is 4.51.